The maximum Gasteiger partial charge on any atom is 0.253 e. The van der Waals surface area contributed by atoms with Crippen LogP contribution in [0.2, 0.25) is 0 Å². The second-order valence-corrected chi connectivity index (χ2v) is 7.31. The summed E-state index contributed by atoms with van der Waals surface area (Å²) in [6.45, 7) is 7.21. The first-order valence-electron chi connectivity index (χ1n) is 9.12. The van der Waals surface area contributed by atoms with Crippen LogP contribution in [0.3, 0.4) is 0 Å². The molecule has 1 aromatic carbocycles. The number of hydrogen-bond donors (Lipinski definition) is 0. The van der Waals surface area contributed by atoms with Crippen LogP contribution in [-0.4, -0.2) is 58.0 Å². The molecule has 1 atom stereocenters. The van der Waals surface area contributed by atoms with Crippen molar-refractivity contribution < 1.29 is 4.79 Å². The number of hydrogen-bond acceptors (Lipinski definition) is 3. The number of nitrogens with zero attached hydrogens (tertiary/aromatic N) is 4. The van der Waals surface area contributed by atoms with Crippen LogP contribution in [-0.2, 0) is 0 Å². The lowest BCUT2D eigenvalue weighted by Gasteiger charge is -2.35. The molecule has 0 bridgehead atoms. The molecule has 1 aliphatic heterocycles. The van der Waals surface area contributed by atoms with Crippen LogP contribution in [0.15, 0.2) is 43.0 Å². The Morgan fingerprint density at radius 3 is 2.72 bits per heavy atom. The van der Waals surface area contributed by atoms with E-state index in [9.17, 15) is 4.79 Å². The van der Waals surface area contributed by atoms with Crippen LogP contribution < -0.4 is 0 Å². The van der Waals surface area contributed by atoms with Crippen molar-refractivity contribution in [3.8, 4) is 5.69 Å². The number of aromatic nitrogens is 2. The van der Waals surface area contributed by atoms with Crippen LogP contribution in [0.4, 0.5) is 0 Å². The molecule has 1 aliphatic rings. The number of likely N-dealkylation sites (tertiary alicyclic amines) is 1. The van der Waals surface area contributed by atoms with E-state index < -0.39 is 0 Å². The average molecular weight is 340 g/mol. The van der Waals surface area contributed by atoms with Gasteiger partial charge in [0.1, 0.15) is 0 Å². The molecule has 2 aromatic rings. The minimum atomic E-state index is 0.147. The third-order valence-electron chi connectivity index (χ3n) is 5.15. The van der Waals surface area contributed by atoms with E-state index in [1.165, 1.54) is 6.42 Å². The van der Waals surface area contributed by atoms with Crippen LogP contribution in [0.5, 0.6) is 0 Å². The monoisotopic (exact) mass is 340 g/mol. The lowest BCUT2D eigenvalue weighted by atomic mass is 9.96. The van der Waals surface area contributed by atoms with Crippen molar-refractivity contribution in [2.24, 2.45) is 5.92 Å². The molecule has 0 spiro atoms. The Hall–Kier alpha value is -2.14. The summed E-state index contributed by atoms with van der Waals surface area (Å²) in [4.78, 5) is 21.3. The van der Waals surface area contributed by atoms with Crippen molar-refractivity contribution in [2.75, 3.05) is 26.7 Å². The number of carbonyl (C=O) groups excluding carboxylic acids is 1. The highest BCUT2D eigenvalue weighted by Gasteiger charge is 2.25. The predicted octanol–water partition coefficient (Wildman–Crippen LogP) is 3.06. The van der Waals surface area contributed by atoms with Crippen LogP contribution in [0.25, 0.3) is 5.69 Å². The molecule has 2 heterocycles. The van der Waals surface area contributed by atoms with Gasteiger partial charge in [0.2, 0.25) is 0 Å². The third kappa shape index (κ3) is 4.28. The third-order valence-corrected chi connectivity index (χ3v) is 5.15. The summed E-state index contributed by atoms with van der Waals surface area (Å²) < 4.78 is 1.94. The van der Waals surface area contributed by atoms with Crippen LogP contribution in [0.1, 0.15) is 37.0 Å². The summed E-state index contributed by atoms with van der Waals surface area (Å²) in [7, 11) is 2.17. The molecule has 5 nitrogen and oxygen atoms in total. The highest BCUT2D eigenvalue weighted by Crippen LogP contribution is 2.20. The van der Waals surface area contributed by atoms with Gasteiger partial charge in [-0.1, -0.05) is 0 Å². The first kappa shape index (κ1) is 17.7. The average Bonchev–Trinajstić information content (AvgIpc) is 3.16. The first-order chi connectivity index (χ1) is 12.0. The van der Waals surface area contributed by atoms with Gasteiger partial charge in [-0.05, 0) is 63.9 Å². The number of imidazole rings is 1. The number of carbonyl (C=O) groups is 1. The van der Waals surface area contributed by atoms with Gasteiger partial charge in [-0.25, -0.2) is 4.98 Å². The maximum atomic E-state index is 12.9. The Kier molecular flexibility index (Phi) is 5.53. The molecule has 0 saturated carbocycles. The molecule has 0 aliphatic carbocycles. The largest absolute Gasteiger partial charge is 0.338 e. The van der Waals surface area contributed by atoms with E-state index in [-0.39, 0.29) is 5.91 Å². The summed E-state index contributed by atoms with van der Waals surface area (Å²) in [5.74, 6) is 0.712. The second-order valence-electron chi connectivity index (χ2n) is 7.31. The van der Waals surface area contributed by atoms with Crippen LogP contribution >= 0.6 is 0 Å². The molecule has 3 rings (SSSR count). The lowest BCUT2D eigenvalue weighted by Crippen LogP contribution is -2.44. The Morgan fingerprint density at radius 2 is 2.08 bits per heavy atom. The molecule has 134 valence electrons. The summed E-state index contributed by atoms with van der Waals surface area (Å²) in [6, 6.07) is 8.33. The van der Waals surface area contributed by atoms with Gasteiger partial charge in [0.15, 0.2) is 0 Å². The van der Waals surface area contributed by atoms with Crippen molar-refractivity contribution in [3.63, 3.8) is 0 Å². The molecule has 1 unspecified atom stereocenters. The predicted molar refractivity (Wildman–Crippen MR) is 100.0 cm³/mol. The summed E-state index contributed by atoms with van der Waals surface area (Å²) in [6.07, 6.45) is 7.71. The molecule has 1 amide bonds. The topological polar surface area (TPSA) is 41.4 Å². The smallest absolute Gasteiger partial charge is 0.253 e. The maximum absolute atomic E-state index is 12.9. The van der Waals surface area contributed by atoms with Gasteiger partial charge in [-0.3, -0.25) is 4.79 Å². The number of benzene rings is 1. The zero-order valence-corrected chi connectivity index (χ0v) is 15.4. The van der Waals surface area contributed by atoms with Gasteiger partial charge in [-0.2, -0.15) is 0 Å². The molecular weight excluding hydrogens is 312 g/mol. The molecular formula is C20H28N4O. The Bertz CT molecular complexity index is 678. The summed E-state index contributed by atoms with van der Waals surface area (Å²) in [5.41, 5.74) is 1.78. The van der Waals surface area contributed by atoms with Gasteiger partial charge in [0, 0.05) is 49.3 Å². The van der Waals surface area contributed by atoms with Gasteiger partial charge in [0.25, 0.3) is 5.91 Å². The van der Waals surface area contributed by atoms with Crippen molar-refractivity contribution in [3.05, 3.63) is 48.5 Å². The molecule has 0 radical (unpaired) electrons. The fourth-order valence-corrected chi connectivity index (χ4v) is 3.39. The van der Waals surface area contributed by atoms with Crippen molar-refractivity contribution in [1.82, 2.24) is 19.4 Å². The standard InChI is InChI=1S/C20H28N4O/c1-16(2)22(3)13-17-5-4-11-23(14-17)20(25)18-6-8-19(9-7-18)24-12-10-21-15-24/h6-10,12,15-17H,4-5,11,13-14H2,1-3H3. The molecule has 0 N–H and O–H groups in total. The molecule has 1 saturated heterocycles. The molecule has 1 aromatic heterocycles. The lowest BCUT2D eigenvalue weighted by molar-refractivity contribution is 0.0639. The zero-order valence-electron chi connectivity index (χ0n) is 15.4. The Labute approximate surface area is 150 Å². The van der Waals surface area contributed by atoms with E-state index in [2.05, 4.69) is 30.8 Å². The quantitative estimate of drug-likeness (QED) is 0.840. The molecule has 25 heavy (non-hydrogen) atoms. The normalized spacial score (nSPS) is 18.1. The van der Waals surface area contributed by atoms with Crippen molar-refractivity contribution in [2.45, 2.75) is 32.7 Å². The number of piperidine rings is 1. The van der Waals surface area contributed by atoms with Gasteiger partial charge < -0.3 is 14.4 Å². The highest BCUT2D eigenvalue weighted by molar-refractivity contribution is 5.94. The summed E-state index contributed by atoms with van der Waals surface area (Å²) in [5, 5.41) is 0. The highest BCUT2D eigenvalue weighted by atomic mass is 16.2. The van der Waals surface area contributed by atoms with E-state index in [1.807, 2.05) is 39.9 Å². The minimum Gasteiger partial charge on any atom is -0.338 e. The summed E-state index contributed by atoms with van der Waals surface area (Å²) >= 11 is 0. The number of rotatable bonds is 5. The second kappa shape index (κ2) is 7.83. The molecule has 1 fully saturated rings. The van der Waals surface area contributed by atoms with Crippen LogP contribution in [0, 0.1) is 5.92 Å². The Morgan fingerprint density at radius 1 is 1.32 bits per heavy atom. The first-order valence-corrected chi connectivity index (χ1v) is 9.12. The van der Waals surface area contributed by atoms with E-state index in [1.54, 1.807) is 12.5 Å². The van der Waals surface area contributed by atoms with E-state index >= 15 is 0 Å². The fraction of sp³-hybridized carbons (Fsp3) is 0.500. The molecule has 5 heteroatoms. The SMILES string of the molecule is CC(C)N(C)CC1CCCN(C(=O)c2ccc(-n3ccnc3)cc2)C1. The van der Waals surface area contributed by atoms with E-state index in [0.717, 1.165) is 37.3 Å². The van der Waals surface area contributed by atoms with Crippen molar-refractivity contribution >= 4 is 5.91 Å². The van der Waals surface area contributed by atoms with Crippen molar-refractivity contribution in [1.29, 1.82) is 0 Å². The number of amides is 1. The Balaban J connectivity index is 1.64. The van der Waals surface area contributed by atoms with Gasteiger partial charge in [0.05, 0.1) is 6.33 Å². The van der Waals surface area contributed by atoms with Gasteiger partial charge >= 0.3 is 0 Å². The minimum absolute atomic E-state index is 0.147. The van der Waals surface area contributed by atoms with E-state index in [0.29, 0.717) is 12.0 Å². The fourth-order valence-electron chi connectivity index (χ4n) is 3.39. The van der Waals surface area contributed by atoms with E-state index in [4.69, 9.17) is 0 Å². The van der Waals surface area contributed by atoms with Gasteiger partial charge in [-0.15, -0.1) is 0 Å². The zero-order chi connectivity index (χ0) is 17.8.